The Morgan fingerprint density at radius 3 is 2.48 bits per heavy atom. The second-order valence-electron chi connectivity index (χ2n) is 7.61. The fourth-order valence-corrected chi connectivity index (χ4v) is 2.88. The monoisotopic (exact) mass is 460 g/mol. The van der Waals surface area contributed by atoms with Gasteiger partial charge in [-0.25, -0.2) is 9.48 Å². The maximum absolute atomic E-state index is 13.7. The Bertz CT molecular complexity index is 938. The van der Waals surface area contributed by atoms with E-state index in [9.17, 15) is 22.8 Å². The van der Waals surface area contributed by atoms with Crippen LogP contribution < -0.4 is 5.32 Å². The fourth-order valence-electron chi connectivity index (χ4n) is 2.70. The van der Waals surface area contributed by atoms with E-state index in [1.54, 1.807) is 27.7 Å². The van der Waals surface area contributed by atoms with Crippen LogP contribution in [0.5, 0.6) is 0 Å². The number of carbonyl (C=O) groups excluding carboxylic acids is 2. The topological polar surface area (TPSA) is 76.5 Å². The van der Waals surface area contributed by atoms with E-state index in [1.807, 2.05) is 0 Å². The summed E-state index contributed by atoms with van der Waals surface area (Å²) in [5.41, 5.74) is -2.47. The number of nitrogens with one attached hydrogen (secondary N) is 1. The van der Waals surface area contributed by atoms with Gasteiger partial charge in [-0.2, -0.15) is 18.3 Å². The number of alkyl halides is 3. The summed E-state index contributed by atoms with van der Waals surface area (Å²) in [7, 11) is 0. The summed E-state index contributed by atoms with van der Waals surface area (Å²) in [5.74, 6) is -0.958. The summed E-state index contributed by atoms with van der Waals surface area (Å²) in [4.78, 5) is 25.9. The molecule has 1 heterocycles. The van der Waals surface area contributed by atoms with E-state index in [-0.39, 0.29) is 23.8 Å². The molecule has 11 heteroatoms. The number of ether oxygens (including phenoxy) is 1. The number of halogens is 4. The van der Waals surface area contributed by atoms with Crippen molar-refractivity contribution in [3.8, 4) is 5.69 Å². The third-order valence-electron chi connectivity index (χ3n) is 4.04. The molecule has 0 fully saturated rings. The van der Waals surface area contributed by atoms with E-state index in [4.69, 9.17) is 16.3 Å². The SMILES string of the molecule is CCN(CCNC(=O)c1cnn(-c2cccc(Cl)c2)c1C(F)(F)F)C(=O)OC(C)(C)C. The van der Waals surface area contributed by atoms with Crippen molar-refractivity contribution in [2.45, 2.75) is 39.5 Å². The molecule has 1 N–H and O–H groups in total. The van der Waals surface area contributed by atoms with Crippen molar-refractivity contribution in [3.63, 3.8) is 0 Å². The lowest BCUT2D eigenvalue weighted by molar-refractivity contribution is -0.143. The number of likely N-dealkylation sites (N-methyl/N-ethyl adjacent to an activating group) is 1. The Hall–Kier alpha value is -2.75. The van der Waals surface area contributed by atoms with Gasteiger partial charge >= 0.3 is 12.3 Å². The number of rotatable bonds is 6. The minimum absolute atomic E-state index is 0.0639. The maximum Gasteiger partial charge on any atom is 0.434 e. The zero-order valence-electron chi connectivity index (χ0n) is 17.6. The number of hydrogen-bond acceptors (Lipinski definition) is 4. The molecule has 0 aliphatic carbocycles. The lowest BCUT2D eigenvalue weighted by atomic mass is 10.2. The van der Waals surface area contributed by atoms with Crippen LogP contribution in [0.1, 0.15) is 43.7 Å². The molecule has 0 saturated carbocycles. The van der Waals surface area contributed by atoms with Gasteiger partial charge in [-0.15, -0.1) is 0 Å². The molecule has 0 aliphatic heterocycles. The van der Waals surface area contributed by atoms with Crippen molar-refractivity contribution >= 4 is 23.6 Å². The van der Waals surface area contributed by atoms with Gasteiger partial charge in [-0.05, 0) is 45.9 Å². The third kappa shape index (κ3) is 6.61. The van der Waals surface area contributed by atoms with Gasteiger partial charge in [-0.1, -0.05) is 17.7 Å². The molecule has 0 unspecified atom stereocenters. The molecule has 1 aromatic carbocycles. The zero-order chi connectivity index (χ0) is 23.4. The van der Waals surface area contributed by atoms with Crippen molar-refractivity contribution in [2.75, 3.05) is 19.6 Å². The number of carbonyl (C=O) groups is 2. The molecule has 170 valence electrons. The summed E-state index contributed by atoms with van der Waals surface area (Å²) in [6, 6.07) is 5.70. The van der Waals surface area contributed by atoms with Crippen molar-refractivity contribution in [1.82, 2.24) is 20.0 Å². The van der Waals surface area contributed by atoms with E-state index in [1.165, 1.54) is 29.2 Å². The molecular formula is C20H24ClF3N4O3. The van der Waals surface area contributed by atoms with E-state index < -0.39 is 35.0 Å². The molecule has 0 atom stereocenters. The maximum atomic E-state index is 13.7. The quantitative estimate of drug-likeness (QED) is 0.687. The second-order valence-corrected chi connectivity index (χ2v) is 8.05. The normalized spacial score (nSPS) is 11.9. The molecule has 0 spiro atoms. The van der Waals surface area contributed by atoms with Crippen LogP contribution in [0.4, 0.5) is 18.0 Å². The first-order valence-electron chi connectivity index (χ1n) is 9.50. The molecule has 7 nitrogen and oxygen atoms in total. The molecule has 2 aromatic rings. The van der Waals surface area contributed by atoms with E-state index in [0.29, 0.717) is 11.2 Å². The summed E-state index contributed by atoms with van der Waals surface area (Å²) in [6.07, 6.45) is -4.56. The Morgan fingerprint density at radius 1 is 1.26 bits per heavy atom. The van der Waals surface area contributed by atoms with Gasteiger partial charge in [0.05, 0.1) is 17.4 Å². The van der Waals surface area contributed by atoms with Crippen molar-refractivity contribution in [1.29, 1.82) is 0 Å². The highest BCUT2D eigenvalue weighted by molar-refractivity contribution is 6.30. The van der Waals surface area contributed by atoms with E-state index >= 15 is 0 Å². The lowest BCUT2D eigenvalue weighted by Crippen LogP contribution is -2.41. The van der Waals surface area contributed by atoms with Gasteiger partial charge in [0.25, 0.3) is 5.91 Å². The van der Waals surface area contributed by atoms with Gasteiger partial charge in [0.15, 0.2) is 5.69 Å². The summed E-state index contributed by atoms with van der Waals surface area (Å²) < 4.78 is 47.0. The second kappa shape index (κ2) is 9.59. The number of nitrogens with zero attached hydrogens (tertiary/aromatic N) is 3. The van der Waals surface area contributed by atoms with Crippen LogP contribution in [0.25, 0.3) is 5.69 Å². The largest absolute Gasteiger partial charge is 0.444 e. The number of amides is 2. The average molecular weight is 461 g/mol. The summed E-state index contributed by atoms with van der Waals surface area (Å²) >= 11 is 5.86. The standard InChI is InChI=1S/C20H24ClF3N4O3/c1-5-27(18(30)31-19(2,3)4)10-9-25-17(29)15-12-26-28(16(15)20(22,23)24)14-8-6-7-13(21)11-14/h6-8,11-12H,5,9-10H2,1-4H3,(H,25,29). The lowest BCUT2D eigenvalue weighted by Gasteiger charge is -2.26. The molecule has 2 amide bonds. The summed E-state index contributed by atoms with van der Waals surface area (Å²) in [5, 5.41) is 6.37. The molecule has 0 aliphatic rings. The Labute approximate surface area is 183 Å². The minimum Gasteiger partial charge on any atom is -0.444 e. The first-order valence-corrected chi connectivity index (χ1v) is 9.88. The molecule has 0 saturated heterocycles. The molecule has 31 heavy (non-hydrogen) atoms. The predicted molar refractivity (Wildman–Crippen MR) is 109 cm³/mol. The van der Waals surface area contributed by atoms with Crippen LogP contribution in [0.3, 0.4) is 0 Å². The molecule has 0 radical (unpaired) electrons. The van der Waals surface area contributed by atoms with Crippen LogP contribution in [0.2, 0.25) is 5.02 Å². The van der Waals surface area contributed by atoms with Crippen LogP contribution in [-0.4, -0.2) is 51.9 Å². The predicted octanol–water partition coefficient (Wildman–Crippen LogP) is 4.53. The number of benzene rings is 1. The minimum atomic E-state index is -4.84. The van der Waals surface area contributed by atoms with Crippen molar-refractivity contribution in [2.24, 2.45) is 0 Å². The Kier molecular flexibility index (Phi) is 7.58. The van der Waals surface area contributed by atoms with Gasteiger partial charge in [-0.3, -0.25) is 4.79 Å². The van der Waals surface area contributed by atoms with E-state index in [2.05, 4.69) is 10.4 Å². The average Bonchev–Trinajstić information content (AvgIpc) is 3.09. The fraction of sp³-hybridized carbons (Fsp3) is 0.450. The Balaban J connectivity index is 2.16. The van der Waals surface area contributed by atoms with Crippen molar-refractivity contribution < 1.29 is 27.5 Å². The molecule has 1 aromatic heterocycles. The van der Waals surface area contributed by atoms with Crippen LogP contribution in [0.15, 0.2) is 30.5 Å². The van der Waals surface area contributed by atoms with Crippen LogP contribution >= 0.6 is 11.6 Å². The van der Waals surface area contributed by atoms with Gasteiger partial charge in [0.1, 0.15) is 5.60 Å². The van der Waals surface area contributed by atoms with Crippen LogP contribution in [0, 0.1) is 0 Å². The zero-order valence-corrected chi connectivity index (χ0v) is 18.3. The van der Waals surface area contributed by atoms with E-state index in [0.717, 1.165) is 6.20 Å². The highest BCUT2D eigenvalue weighted by atomic mass is 35.5. The first kappa shape index (κ1) is 24.5. The van der Waals surface area contributed by atoms with Crippen molar-refractivity contribution in [3.05, 3.63) is 46.7 Å². The van der Waals surface area contributed by atoms with Gasteiger partial charge in [0, 0.05) is 24.7 Å². The summed E-state index contributed by atoms with van der Waals surface area (Å²) in [6.45, 7) is 7.20. The molecule has 2 rings (SSSR count). The first-order chi connectivity index (χ1) is 14.3. The third-order valence-corrected chi connectivity index (χ3v) is 4.27. The highest BCUT2D eigenvalue weighted by Gasteiger charge is 2.40. The van der Waals surface area contributed by atoms with Crippen LogP contribution in [-0.2, 0) is 10.9 Å². The molecular weight excluding hydrogens is 437 g/mol. The molecule has 0 bridgehead atoms. The van der Waals surface area contributed by atoms with Gasteiger partial charge in [0.2, 0.25) is 0 Å². The Morgan fingerprint density at radius 2 is 1.94 bits per heavy atom. The number of hydrogen-bond donors (Lipinski definition) is 1. The van der Waals surface area contributed by atoms with Gasteiger partial charge < -0.3 is 15.0 Å². The highest BCUT2D eigenvalue weighted by Crippen LogP contribution is 2.34. The number of aromatic nitrogens is 2. The smallest absolute Gasteiger partial charge is 0.434 e.